The van der Waals surface area contributed by atoms with Crippen molar-refractivity contribution in [2.24, 2.45) is 11.7 Å². The van der Waals surface area contributed by atoms with Gasteiger partial charge in [0, 0.05) is 6.04 Å². The van der Waals surface area contributed by atoms with Crippen molar-refractivity contribution in [2.75, 3.05) is 0 Å². The van der Waals surface area contributed by atoms with Crippen LogP contribution in [0.15, 0.2) is 0 Å². The Labute approximate surface area is 79.1 Å². The SMILES string of the molecule is NC(=O)C1CCC(C2CCCC2)N1. The van der Waals surface area contributed by atoms with Crippen molar-refractivity contribution in [3.05, 3.63) is 0 Å². The molecule has 0 bridgehead atoms. The quantitative estimate of drug-likeness (QED) is 0.663. The van der Waals surface area contributed by atoms with Gasteiger partial charge in [-0.2, -0.15) is 0 Å². The van der Waals surface area contributed by atoms with E-state index in [0.717, 1.165) is 18.8 Å². The molecule has 3 nitrogen and oxygen atoms in total. The summed E-state index contributed by atoms with van der Waals surface area (Å²) in [5.41, 5.74) is 5.26. The van der Waals surface area contributed by atoms with Crippen LogP contribution in [-0.4, -0.2) is 18.0 Å². The van der Waals surface area contributed by atoms with E-state index in [-0.39, 0.29) is 11.9 Å². The van der Waals surface area contributed by atoms with Crippen molar-refractivity contribution >= 4 is 5.91 Å². The summed E-state index contributed by atoms with van der Waals surface area (Å²) < 4.78 is 0. The molecule has 74 valence electrons. The molecule has 2 aliphatic rings. The lowest BCUT2D eigenvalue weighted by Gasteiger charge is -2.18. The topological polar surface area (TPSA) is 55.1 Å². The van der Waals surface area contributed by atoms with Gasteiger partial charge in [-0.1, -0.05) is 12.8 Å². The lowest BCUT2D eigenvalue weighted by atomic mass is 9.97. The standard InChI is InChI=1S/C10H18N2O/c11-10(13)9-6-5-8(12-9)7-3-1-2-4-7/h7-9,12H,1-6H2,(H2,11,13). The molecule has 1 aliphatic heterocycles. The zero-order valence-corrected chi connectivity index (χ0v) is 7.96. The normalized spacial score (nSPS) is 35.4. The second-order valence-corrected chi connectivity index (χ2v) is 4.35. The largest absolute Gasteiger partial charge is 0.368 e. The highest BCUT2D eigenvalue weighted by molar-refractivity contribution is 5.80. The zero-order valence-electron chi connectivity index (χ0n) is 7.96. The van der Waals surface area contributed by atoms with Crippen LogP contribution in [0, 0.1) is 5.92 Å². The Morgan fingerprint density at radius 1 is 1.15 bits per heavy atom. The van der Waals surface area contributed by atoms with Crippen LogP contribution in [0.4, 0.5) is 0 Å². The average Bonchev–Trinajstić information content (AvgIpc) is 2.75. The molecule has 2 unspecified atom stereocenters. The Balaban J connectivity index is 1.86. The van der Waals surface area contributed by atoms with E-state index in [2.05, 4.69) is 5.32 Å². The van der Waals surface area contributed by atoms with Crippen molar-refractivity contribution < 1.29 is 4.79 Å². The third kappa shape index (κ3) is 1.85. The Morgan fingerprint density at radius 3 is 2.38 bits per heavy atom. The van der Waals surface area contributed by atoms with Crippen LogP contribution in [0.1, 0.15) is 38.5 Å². The van der Waals surface area contributed by atoms with Gasteiger partial charge in [0.15, 0.2) is 0 Å². The molecule has 1 saturated heterocycles. The van der Waals surface area contributed by atoms with Gasteiger partial charge in [-0.25, -0.2) is 0 Å². The van der Waals surface area contributed by atoms with Crippen LogP contribution in [0.5, 0.6) is 0 Å². The van der Waals surface area contributed by atoms with Crippen LogP contribution >= 0.6 is 0 Å². The maximum Gasteiger partial charge on any atom is 0.234 e. The molecular formula is C10H18N2O. The lowest BCUT2D eigenvalue weighted by Crippen LogP contribution is -2.41. The first kappa shape index (κ1) is 9.00. The number of amides is 1. The summed E-state index contributed by atoms with van der Waals surface area (Å²) in [6.07, 6.45) is 7.48. The van der Waals surface area contributed by atoms with Gasteiger partial charge in [-0.3, -0.25) is 4.79 Å². The van der Waals surface area contributed by atoms with E-state index in [0.29, 0.717) is 6.04 Å². The molecule has 2 rings (SSSR count). The van der Waals surface area contributed by atoms with Gasteiger partial charge >= 0.3 is 0 Å². The van der Waals surface area contributed by atoms with Gasteiger partial charge in [0.1, 0.15) is 0 Å². The monoisotopic (exact) mass is 182 g/mol. The third-order valence-corrected chi connectivity index (χ3v) is 3.49. The molecule has 1 aliphatic carbocycles. The van der Waals surface area contributed by atoms with Gasteiger partial charge in [0.05, 0.1) is 6.04 Å². The molecule has 1 amide bonds. The second kappa shape index (κ2) is 3.66. The van der Waals surface area contributed by atoms with E-state index in [1.807, 2.05) is 0 Å². The number of primary amides is 1. The highest BCUT2D eigenvalue weighted by Gasteiger charge is 2.33. The minimum absolute atomic E-state index is 0.0504. The molecule has 3 N–H and O–H groups in total. The summed E-state index contributed by atoms with van der Waals surface area (Å²) in [5, 5.41) is 3.36. The summed E-state index contributed by atoms with van der Waals surface area (Å²) in [6, 6.07) is 0.519. The maximum absolute atomic E-state index is 10.9. The lowest BCUT2D eigenvalue weighted by molar-refractivity contribution is -0.119. The molecule has 1 saturated carbocycles. The molecule has 0 radical (unpaired) electrons. The summed E-state index contributed by atoms with van der Waals surface area (Å²) in [4.78, 5) is 10.9. The molecule has 0 spiro atoms. The molecular weight excluding hydrogens is 164 g/mol. The fraction of sp³-hybridized carbons (Fsp3) is 0.900. The van der Waals surface area contributed by atoms with E-state index in [9.17, 15) is 4.79 Å². The highest BCUT2D eigenvalue weighted by atomic mass is 16.1. The van der Waals surface area contributed by atoms with Gasteiger partial charge in [-0.15, -0.1) is 0 Å². The average molecular weight is 182 g/mol. The Morgan fingerprint density at radius 2 is 1.85 bits per heavy atom. The zero-order chi connectivity index (χ0) is 9.26. The summed E-state index contributed by atoms with van der Waals surface area (Å²) in [6.45, 7) is 0. The fourth-order valence-corrected chi connectivity index (χ4v) is 2.73. The Hall–Kier alpha value is -0.570. The molecule has 0 aromatic rings. The van der Waals surface area contributed by atoms with Crippen molar-refractivity contribution in [3.63, 3.8) is 0 Å². The van der Waals surface area contributed by atoms with Crippen LogP contribution in [-0.2, 0) is 4.79 Å². The summed E-state index contributed by atoms with van der Waals surface area (Å²) in [7, 11) is 0. The van der Waals surface area contributed by atoms with Gasteiger partial charge in [-0.05, 0) is 31.6 Å². The van der Waals surface area contributed by atoms with E-state index >= 15 is 0 Å². The van der Waals surface area contributed by atoms with E-state index in [1.165, 1.54) is 25.7 Å². The molecule has 0 aromatic heterocycles. The molecule has 2 fully saturated rings. The maximum atomic E-state index is 10.9. The fourth-order valence-electron chi connectivity index (χ4n) is 2.73. The van der Waals surface area contributed by atoms with Crippen LogP contribution in [0.2, 0.25) is 0 Å². The third-order valence-electron chi connectivity index (χ3n) is 3.49. The van der Waals surface area contributed by atoms with Crippen molar-refractivity contribution in [2.45, 2.75) is 50.6 Å². The molecule has 13 heavy (non-hydrogen) atoms. The van der Waals surface area contributed by atoms with E-state index in [4.69, 9.17) is 5.73 Å². The number of hydrogen-bond donors (Lipinski definition) is 2. The van der Waals surface area contributed by atoms with E-state index < -0.39 is 0 Å². The van der Waals surface area contributed by atoms with Gasteiger partial charge in [0.25, 0.3) is 0 Å². The van der Waals surface area contributed by atoms with E-state index in [1.54, 1.807) is 0 Å². The van der Waals surface area contributed by atoms with Crippen molar-refractivity contribution in [1.29, 1.82) is 0 Å². The first-order valence-electron chi connectivity index (χ1n) is 5.33. The van der Waals surface area contributed by atoms with Gasteiger partial charge < -0.3 is 11.1 Å². The van der Waals surface area contributed by atoms with Crippen molar-refractivity contribution in [3.8, 4) is 0 Å². The minimum atomic E-state index is -0.180. The molecule has 3 heteroatoms. The summed E-state index contributed by atoms with van der Waals surface area (Å²) in [5.74, 6) is 0.629. The first-order chi connectivity index (χ1) is 6.27. The summed E-state index contributed by atoms with van der Waals surface area (Å²) >= 11 is 0. The first-order valence-corrected chi connectivity index (χ1v) is 5.33. The Kier molecular flexibility index (Phi) is 2.54. The van der Waals surface area contributed by atoms with Gasteiger partial charge in [0.2, 0.25) is 5.91 Å². The molecule has 1 heterocycles. The number of carbonyl (C=O) groups excluding carboxylic acids is 1. The highest BCUT2D eigenvalue weighted by Crippen LogP contribution is 2.32. The molecule has 0 aromatic carbocycles. The second-order valence-electron chi connectivity index (χ2n) is 4.35. The van der Waals surface area contributed by atoms with Crippen molar-refractivity contribution in [1.82, 2.24) is 5.32 Å². The number of nitrogens with two attached hydrogens (primary N) is 1. The van der Waals surface area contributed by atoms with Crippen LogP contribution in [0.3, 0.4) is 0 Å². The van der Waals surface area contributed by atoms with Crippen LogP contribution in [0.25, 0.3) is 0 Å². The smallest absolute Gasteiger partial charge is 0.234 e. The predicted octanol–water partition coefficient (Wildman–Crippen LogP) is 0.782. The Bertz CT molecular complexity index is 199. The number of hydrogen-bond acceptors (Lipinski definition) is 2. The number of carbonyl (C=O) groups is 1. The minimum Gasteiger partial charge on any atom is -0.368 e. The number of nitrogens with one attached hydrogen (secondary N) is 1. The number of rotatable bonds is 2. The predicted molar refractivity (Wildman–Crippen MR) is 51.1 cm³/mol. The van der Waals surface area contributed by atoms with Crippen LogP contribution < -0.4 is 11.1 Å². The molecule has 2 atom stereocenters.